The van der Waals surface area contributed by atoms with E-state index >= 15 is 0 Å². The van der Waals surface area contributed by atoms with E-state index in [1.165, 1.54) is 0 Å². The summed E-state index contributed by atoms with van der Waals surface area (Å²) in [6.07, 6.45) is 10.3. The molecule has 1 saturated carbocycles. The summed E-state index contributed by atoms with van der Waals surface area (Å²) >= 11 is 0. The maximum absolute atomic E-state index is 11.7. The fourth-order valence-electron chi connectivity index (χ4n) is 2.67. The van der Waals surface area contributed by atoms with Crippen molar-refractivity contribution in [3.05, 3.63) is 17.4 Å². The molecule has 0 saturated heterocycles. The maximum atomic E-state index is 11.7. The minimum absolute atomic E-state index is 0.0696. The van der Waals surface area contributed by atoms with Crippen molar-refractivity contribution in [2.45, 2.75) is 64.6 Å². The third kappa shape index (κ3) is 4.35. The lowest BCUT2D eigenvalue weighted by Gasteiger charge is -2.30. The highest BCUT2D eigenvalue weighted by Gasteiger charge is 2.24. The molecule has 104 valence electrons. The van der Waals surface area contributed by atoms with Crippen LogP contribution in [0.15, 0.2) is 12.2 Å². The molecule has 0 amide bonds. The van der Waals surface area contributed by atoms with Gasteiger partial charge in [0.15, 0.2) is 0 Å². The predicted molar refractivity (Wildman–Crippen MR) is 69.2 cm³/mol. The molecule has 3 atom stereocenters. The van der Waals surface area contributed by atoms with Gasteiger partial charge in [0.2, 0.25) is 0 Å². The number of quaternary nitrogens is 1. The third-order valence-electron chi connectivity index (χ3n) is 4.03. The fourth-order valence-corrected chi connectivity index (χ4v) is 2.67. The Morgan fingerprint density at radius 1 is 0.944 bits per heavy atom. The summed E-state index contributed by atoms with van der Waals surface area (Å²) in [5.41, 5.74) is 0. The molecule has 0 heterocycles. The largest absolute Gasteiger partial charge is 0.566 e. The van der Waals surface area contributed by atoms with Crippen LogP contribution >= 0.6 is 0 Å². The molecule has 0 aromatic carbocycles. The molecule has 3 unspecified atom stereocenters. The highest BCUT2D eigenvalue weighted by atomic mass is 17.1. The zero-order valence-corrected chi connectivity index (χ0v) is 11.4. The van der Waals surface area contributed by atoms with Gasteiger partial charge in [-0.3, -0.25) is 0 Å². The zero-order chi connectivity index (χ0) is 13.0. The second-order valence-corrected chi connectivity index (χ2v) is 5.85. The molecule has 0 aliphatic heterocycles. The monoisotopic (exact) mass is 255 g/mol. The molecule has 4 nitrogen and oxygen atoms in total. The van der Waals surface area contributed by atoms with Gasteiger partial charge in [0.1, 0.15) is 12.2 Å². The topological polar surface area (TPSA) is 46.0 Å². The van der Waals surface area contributed by atoms with E-state index in [0.29, 0.717) is 5.92 Å². The van der Waals surface area contributed by atoms with Crippen molar-refractivity contribution < 1.29 is 15.1 Å². The van der Waals surface area contributed by atoms with Crippen molar-refractivity contribution in [3.63, 3.8) is 0 Å². The Kier molecular flexibility index (Phi) is 5.18. The third-order valence-corrected chi connectivity index (χ3v) is 4.03. The summed E-state index contributed by atoms with van der Waals surface area (Å²) in [5, 5.41) is 11.2. The van der Waals surface area contributed by atoms with Crippen molar-refractivity contribution in [2.24, 2.45) is 11.8 Å². The van der Waals surface area contributed by atoms with Crippen molar-refractivity contribution in [3.8, 4) is 0 Å². The van der Waals surface area contributed by atoms with Gasteiger partial charge in [0, 0.05) is 0 Å². The lowest BCUT2D eigenvalue weighted by atomic mass is 9.89. The SMILES string of the molecule is CC1C=CC(O[NH+]([O-])OC2CCC(C)CC2)CC1. The summed E-state index contributed by atoms with van der Waals surface area (Å²) in [5.74, 6) is 1.37. The van der Waals surface area contributed by atoms with Crippen molar-refractivity contribution >= 4 is 0 Å². The molecule has 2 aliphatic carbocycles. The Morgan fingerprint density at radius 2 is 1.67 bits per heavy atom. The van der Waals surface area contributed by atoms with Gasteiger partial charge in [0.05, 0.1) is 0 Å². The predicted octanol–water partition coefficient (Wildman–Crippen LogP) is 2.17. The van der Waals surface area contributed by atoms with Gasteiger partial charge in [-0.2, -0.15) is 9.68 Å². The normalized spacial score (nSPS) is 38.6. The van der Waals surface area contributed by atoms with Crippen LogP contribution in [-0.2, 0) is 9.68 Å². The molecule has 2 aliphatic rings. The van der Waals surface area contributed by atoms with Gasteiger partial charge < -0.3 is 5.21 Å². The van der Waals surface area contributed by atoms with Crippen molar-refractivity contribution in [1.29, 1.82) is 0 Å². The molecule has 4 heteroatoms. The average Bonchev–Trinajstić information content (AvgIpc) is 2.35. The summed E-state index contributed by atoms with van der Waals surface area (Å²) in [6.45, 7) is 4.43. The Bertz CT molecular complexity index is 274. The molecule has 2 rings (SSSR count). The van der Waals surface area contributed by atoms with E-state index in [-0.39, 0.29) is 12.2 Å². The standard InChI is InChI=1S/C14H25NO3/c1-11-3-7-13(8-4-11)17-15(16)18-14-9-5-12(2)6-10-14/h3,7,11-15H,4-6,8-10H2,1-2H3. The minimum Gasteiger partial charge on any atom is -0.566 e. The first kappa shape index (κ1) is 14.0. The van der Waals surface area contributed by atoms with E-state index in [2.05, 4.69) is 19.9 Å². The van der Waals surface area contributed by atoms with Gasteiger partial charge in [-0.25, -0.2) is 0 Å². The first-order valence-corrected chi connectivity index (χ1v) is 7.19. The Balaban J connectivity index is 1.68. The highest BCUT2D eigenvalue weighted by molar-refractivity contribution is 4.97. The highest BCUT2D eigenvalue weighted by Crippen LogP contribution is 2.24. The van der Waals surface area contributed by atoms with Crippen molar-refractivity contribution in [2.75, 3.05) is 0 Å². The van der Waals surface area contributed by atoms with Crippen LogP contribution in [0.2, 0.25) is 0 Å². The summed E-state index contributed by atoms with van der Waals surface area (Å²) in [7, 11) is 0. The van der Waals surface area contributed by atoms with Crippen LogP contribution in [0, 0.1) is 17.0 Å². The van der Waals surface area contributed by atoms with E-state index in [1.807, 2.05) is 6.08 Å². The first-order chi connectivity index (χ1) is 8.63. The van der Waals surface area contributed by atoms with Gasteiger partial charge in [-0.05, 0) is 50.4 Å². The molecular weight excluding hydrogens is 230 g/mol. The summed E-state index contributed by atoms with van der Waals surface area (Å²) in [4.78, 5) is 10.7. The van der Waals surface area contributed by atoms with Crippen LogP contribution in [0.5, 0.6) is 0 Å². The van der Waals surface area contributed by atoms with E-state index in [0.717, 1.165) is 44.4 Å². The number of nitrogens with one attached hydrogen (secondary N) is 1. The lowest BCUT2D eigenvalue weighted by Crippen LogP contribution is -3.06. The van der Waals surface area contributed by atoms with Crippen LogP contribution in [0.25, 0.3) is 0 Å². The van der Waals surface area contributed by atoms with Crippen LogP contribution in [0.1, 0.15) is 52.4 Å². The number of hydrogen-bond acceptors (Lipinski definition) is 3. The maximum Gasteiger partial charge on any atom is 0.139 e. The minimum atomic E-state index is -0.487. The lowest BCUT2D eigenvalue weighted by molar-refractivity contribution is -1.21. The molecule has 0 spiro atoms. The van der Waals surface area contributed by atoms with E-state index < -0.39 is 5.39 Å². The molecule has 0 radical (unpaired) electrons. The molecule has 0 bridgehead atoms. The van der Waals surface area contributed by atoms with Gasteiger partial charge >= 0.3 is 0 Å². The fraction of sp³-hybridized carbons (Fsp3) is 0.857. The number of hydrogen-bond donors (Lipinski definition) is 1. The van der Waals surface area contributed by atoms with Crippen LogP contribution in [-0.4, -0.2) is 12.2 Å². The summed E-state index contributed by atoms with van der Waals surface area (Å²) in [6, 6.07) is 0. The van der Waals surface area contributed by atoms with Gasteiger partial charge in [0.25, 0.3) is 0 Å². The smallest absolute Gasteiger partial charge is 0.139 e. The Labute approximate surface area is 109 Å². The van der Waals surface area contributed by atoms with Gasteiger partial charge in [-0.15, -0.1) is 0 Å². The number of allylic oxidation sites excluding steroid dienone is 1. The van der Waals surface area contributed by atoms with Crippen LogP contribution < -0.4 is 5.39 Å². The second-order valence-electron chi connectivity index (χ2n) is 5.85. The van der Waals surface area contributed by atoms with Crippen LogP contribution in [0.4, 0.5) is 0 Å². The Morgan fingerprint density at radius 3 is 2.28 bits per heavy atom. The number of rotatable bonds is 4. The molecule has 1 N–H and O–H groups in total. The summed E-state index contributed by atoms with van der Waals surface area (Å²) < 4.78 is 0. The average molecular weight is 255 g/mol. The Hall–Kier alpha value is -0.420. The molecule has 0 aromatic rings. The van der Waals surface area contributed by atoms with E-state index in [4.69, 9.17) is 9.68 Å². The van der Waals surface area contributed by atoms with E-state index in [9.17, 15) is 5.21 Å². The molecule has 0 aromatic heterocycles. The molecule has 1 fully saturated rings. The quantitative estimate of drug-likeness (QED) is 0.618. The zero-order valence-electron chi connectivity index (χ0n) is 11.4. The second kappa shape index (κ2) is 6.66. The van der Waals surface area contributed by atoms with E-state index in [1.54, 1.807) is 0 Å². The molecule has 18 heavy (non-hydrogen) atoms. The van der Waals surface area contributed by atoms with Gasteiger partial charge in [-0.1, -0.05) is 31.4 Å². The molecular formula is C14H25NO3. The first-order valence-electron chi connectivity index (χ1n) is 7.19. The van der Waals surface area contributed by atoms with Crippen LogP contribution in [0.3, 0.4) is 0 Å². The van der Waals surface area contributed by atoms with Crippen molar-refractivity contribution in [1.82, 2.24) is 0 Å².